The summed E-state index contributed by atoms with van der Waals surface area (Å²) in [6.07, 6.45) is -4.12. The first-order chi connectivity index (χ1) is 4.81. The van der Waals surface area contributed by atoms with Gasteiger partial charge in [0.2, 0.25) is 0 Å². The molecule has 0 rings (SSSR count). The molecule has 0 radical (unpaired) electrons. The standard InChI is InChI=1S/C6H13F3N2/c1-5(10)3-11(2)4-6(7,8)9/h5H,3-4,10H2,1-2H3/t5-/m0/s1. The highest BCUT2D eigenvalue weighted by molar-refractivity contribution is 4.63. The van der Waals surface area contributed by atoms with Gasteiger partial charge in [-0.15, -0.1) is 0 Å². The number of halogens is 3. The number of hydrogen-bond acceptors (Lipinski definition) is 2. The second kappa shape index (κ2) is 3.92. The van der Waals surface area contributed by atoms with Crippen molar-refractivity contribution in [1.82, 2.24) is 4.90 Å². The van der Waals surface area contributed by atoms with E-state index in [9.17, 15) is 13.2 Å². The SMILES string of the molecule is C[C@H](N)CN(C)CC(F)(F)F. The molecule has 0 unspecified atom stereocenters. The van der Waals surface area contributed by atoms with Crippen molar-refractivity contribution in [2.45, 2.75) is 19.1 Å². The quantitative estimate of drug-likeness (QED) is 0.679. The minimum atomic E-state index is -4.12. The van der Waals surface area contributed by atoms with Crippen molar-refractivity contribution in [3.63, 3.8) is 0 Å². The highest BCUT2D eigenvalue weighted by Gasteiger charge is 2.29. The zero-order valence-electron chi connectivity index (χ0n) is 6.65. The van der Waals surface area contributed by atoms with Crippen LogP contribution in [-0.4, -0.2) is 37.3 Å². The summed E-state index contributed by atoms with van der Waals surface area (Å²) in [5.41, 5.74) is 5.30. The van der Waals surface area contributed by atoms with E-state index in [4.69, 9.17) is 5.73 Å². The maximum Gasteiger partial charge on any atom is 0.401 e. The molecule has 0 aromatic carbocycles. The first-order valence-corrected chi connectivity index (χ1v) is 3.32. The molecule has 68 valence electrons. The highest BCUT2D eigenvalue weighted by atomic mass is 19.4. The summed E-state index contributed by atoms with van der Waals surface area (Å²) in [5, 5.41) is 0. The van der Waals surface area contributed by atoms with Gasteiger partial charge in [0, 0.05) is 12.6 Å². The molecule has 2 nitrogen and oxygen atoms in total. The van der Waals surface area contributed by atoms with Gasteiger partial charge in [-0.3, -0.25) is 4.90 Å². The van der Waals surface area contributed by atoms with Crippen LogP contribution in [0.5, 0.6) is 0 Å². The van der Waals surface area contributed by atoms with E-state index in [1.54, 1.807) is 6.92 Å². The van der Waals surface area contributed by atoms with Crippen LogP contribution < -0.4 is 5.73 Å². The van der Waals surface area contributed by atoms with Crippen LogP contribution in [0.3, 0.4) is 0 Å². The number of nitrogens with zero attached hydrogens (tertiary/aromatic N) is 1. The Bertz CT molecular complexity index is 111. The average Bonchev–Trinajstić information content (AvgIpc) is 1.53. The topological polar surface area (TPSA) is 29.3 Å². The Morgan fingerprint density at radius 1 is 1.45 bits per heavy atom. The van der Waals surface area contributed by atoms with Crippen LogP contribution >= 0.6 is 0 Å². The molecule has 11 heavy (non-hydrogen) atoms. The Balaban J connectivity index is 3.61. The molecule has 0 saturated carbocycles. The molecule has 0 aromatic heterocycles. The van der Waals surface area contributed by atoms with Gasteiger partial charge in [0.1, 0.15) is 0 Å². The van der Waals surface area contributed by atoms with Crippen molar-refractivity contribution < 1.29 is 13.2 Å². The predicted molar refractivity (Wildman–Crippen MR) is 37.2 cm³/mol. The van der Waals surface area contributed by atoms with Crippen LogP contribution in [-0.2, 0) is 0 Å². The molecule has 0 aliphatic carbocycles. The molecular weight excluding hydrogens is 157 g/mol. The van der Waals surface area contributed by atoms with E-state index >= 15 is 0 Å². The minimum absolute atomic E-state index is 0.220. The van der Waals surface area contributed by atoms with Crippen molar-refractivity contribution in [1.29, 1.82) is 0 Å². The van der Waals surface area contributed by atoms with Crippen molar-refractivity contribution in [2.75, 3.05) is 20.1 Å². The van der Waals surface area contributed by atoms with E-state index in [0.29, 0.717) is 0 Å². The van der Waals surface area contributed by atoms with E-state index in [0.717, 1.165) is 4.90 Å². The molecule has 2 N–H and O–H groups in total. The number of alkyl halides is 3. The minimum Gasteiger partial charge on any atom is -0.327 e. The van der Waals surface area contributed by atoms with E-state index in [1.807, 2.05) is 0 Å². The lowest BCUT2D eigenvalue weighted by Gasteiger charge is -2.19. The predicted octanol–water partition coefficient (Wildman–Crippen LogP) is 0.828. The summed E-state index contributed by atoms with van der Waals surface area (Å²) in [6.45, 7) is 1.04. The molecule has 0 aliphatic rings. The zero-order valence-corrected chi connectivity index (χ0v) is 6.65. The summed E-state index contributed by atoms with van der Waals surface area (Å²) in [4.78, 5) is 1.16. The molecule has 0 spiro atoms. The summed E-state index contributed by atoms with van der Waals surface area (Å²) in [6, 6.07) is -0.220. The second-order valence-electron chi connectivity index (χ2n) is 2.79. The molecule has 0 saturated heterocycles. The molecule has 0 heterocycles. The number of rotatable bonds is 3. The third kappa shape index (κ3) is 7.61. The Morgan fingerprint density at radius 3 is 2.18 bits per heavy atom. The van der Waals surface area contributed by atoms with Gasteiger partial charge in [-0.25, -0.2) is 0 Å². The maximum absolute atomic E-state index is 11.7. The van der Waals surface area contributed by atoms with Gasteiger partial charge in [0.15, 0.2) is 0 Å². The smallest absolute Gasteiger partial charge is 0.327 e. The molecule has 0 amide bonds. The van der Waals surface area contributed by atoms with Gasteiger partial charge in [-0.1, -0.05) is 0 Å². The molecule has 5 heteroatoms. The summed E-state index contributed by atoms with van der Waals surface area (Å²) in [7, 11) is 1.40. The molecule has 0 aliphatic heterocycles. The van der Waals surface area contributed by atoms with Crippen LogP contribution in [0.25, 0.3) is 0 Å². The first-order valence-electron chi connectivity index (χ1n) is 3.32. The van der Waals surface area contributed by atoms with Gasteiger partial charge in [-0.05, 0) is 14.0 Å². The highest BCUT2D eigenvalue weighted by Crippen LogP contribution is 2.15. The lowest BCUT2D eigenvalue weighted by atomic mass is 10.3. The third-order valence-corrected chi connectivity index (χ3v) is 1.05. The largest absolute Gasteiger partial charge is 0.401 e. The molecule has 1 atom stereocenters. The Kier molecular flexibility index (Phi) is 3.82. The second-order valence-corrected chi connectivity index (χ2v) is 2.79. The van der Waals surface area contributed by atoms with Crippen LogP contribution in [0.4, 0.5) is 13.2 Å². The summed E-state index contributed by atoms with van der Waals surface area (Å²) in [5.74, 6) is 0. The van der Waals surface area contributed by atoms with E-state index < -0.39 is 12.7 Å². The van der Waals surface area contributed by atoms with E-state index in [2.05, 4.69) is 0 Å². The number of hydrogen-bond donors (Lipinski definition) is 1. The Morgan fingerprint density at radius 2 is 1.91 bits per heavy atom. The van der Waals surface area contributed by atoms with Crippen LogP contribution in [0.2, 0.25) is 0 Å². The maximum atomic E-state index is 11.7. The van der Waals surface area contributed by atoms with Gasteiger partial charge in [0.25, 0.3) is 0 Å². The fourth-order valence-corrected chi connectivity index (χ4v) is 0.862. The first kappa shape index (κ1) is 10.7. The van der Waals surface area contributed by atoms with Crippen molar-refractivity contribution >= 4 is 0 Å². The fraction of sp³-hybridized carbons (Fsp3) is 1.00. The lowest BCUT2D eigenvalue weighted by molar-refractivity contribution is -0.143. The van der Waals surface area contributed by atoms with Crippen molar-refractivity contribution in [3.05, 3.63) is 0 Å². The van der Waals surface area contributed by atoms with Gasteiger partial charge >= 0.3 is 6.18 Å². The molecule has 0 aromatic rings. The normalized spacial score (nSPS) is 15.5. The van der Waals surface area contributed by atoms with E-state index in [-0.39, 0.29) is 12.6 Å². The number of likely N-dealkylation sites (N-methyl/N-ethyl adjacent to an activating group) is 1. The third-order valence-electron chi connectivity index (χ3n) is 1.05. The monoisotopic (exact) mass is 170 g/mol. The lowest BCUT2D eigenvalue weighted by Crippen LogP contribution is -2.38. The van der Waals surface area contributed by atoms with Crippen LogP contribution in [0, 0.1) is 0 Å². The molecule has 0 bridgehead atoms. The van der Waals surface area contributed by atoms with Crippen LogP contribution in [0.15, 0.2) is 0 Å². The zero-order chi connectivity index (χ0) is 9.07. The van der Waals surface area contributed by atoms with Crippen LogP contribution in [0.1, 0.15) is 6.92 Å². The average molecular weight is 170 g/mol. The van der Waals surface area contributed by atoms with E-state index in [1.165, 1.54) is 7.05 Å². The fourth-order valence-electron chi connectivity index (χ4n) is 0.862. The summed E-state index contributed by atoms with van der Waals surface area (Å²) < 4.78 is 35.0. The Labute approximate surface area is 64.2 Å². The van der Waals surface area contributed by atoms with Crippen molar-refractivity contribution in [2.24, 2.45) is 5.73 Å². The summed E-state index contributed by atoms with van der Waals surface area (Å²) >= 11 is 0. The molecule has 0 fully saturated rings. The van der Waals surface area contributed by atoms with Gasteiger partial charge in [-0.2, -0.15) is 13.2 Å². The van der Waals surface area contributed by atoms with Crippen molar-refractivity contribution in [3.8, 4) is 0 Å². The van der Waals surface area contributed by atoms with Gasteiger partial charge in [0.05, 0.1) is 6.54 Å². The van der Waals surface area contributed by atoms with Gasteiger partial charge < -0.3 is 5.73 Å². The Hall–Kier alpha value is -0.290. The number of nitrogens with two attached hydrogens (primary N) is 1. The molecular formula is C6H13F3N2.